The standard InChI is InChI=1S/C16H24N4O/c1-4-7-13(17-10-5-2)11-15-19-16(20-21-15)14-9-6-8-12(3)18-14/h6,8-9,13,17H,4-5,7,10-11H2,1-3H3. The summed E-state index contributed by atoms with van der Waals surface area (Å²) in [6.45, 7) is 7.34. The number of nitrogens with one attached hydrogen (secondary N) is 1. The van der Waals surface area contributed by atoms with Gasteiger partial charge in [-0.2, -0.15) is 4.98 Å². The molecule has 1 N–H and O–H groups in total. The van der Waals surface area contributed by atoms with E-state index >= 15 is 0 Å². The van der Waals surface area contributed by atoms with Crippen LogP contribution in [0.25, 0.3) is 11.5 Å². The normalized spacial score (nSPS) is 12.5. The van der Waals surface area contributed by atoms with Crippen molar-refractivity contribution in [2.45, 2.75) is 52.5 Å². The van der Waals surface area contributed by atoms with Gasteiger partial charge in [0, 0.05) is 18.2 Å². The molecule has 2 aromatic rings. The highest BCUT2D eigenvalue weighted by molar-refractivity contribution is 5.47. The fourth-order valence-corrected chi connectivity index (χ4v) is 2.29. The summed E-state index contributed by atoms with van der Waals surface area (Å²) in [5.41, 5.74) is 1.71. The van der Waals surface area contributed by atoms with Gasteiger partial charge in [-0.3, -0.25) is 0 Å². The van der Waals surface area contributed by atoms with Crippen LogP contribution in [0.4, 0.5) is 0 Å². The number of aromatic nitrogens is 3. The van der Waals surface area contributed by atoms with E-state index in [-0.39, 0.29) is 0 Å². The molecule has 0 fully saturated rings. The molecular weight excluding hydrogens is 264 g/mol. The first-order chi connectivity index (χ1) is 10.2. The molecule has 2 heterocycles. The van der Waals surface area contributed by atoms with Crippen molar-refractivity contribution < 1.29 is 4.52 Å². The van der Waals surface area contributed by atoms with Crippen LogP contribution in [0.2, 0.25) is 0 Å². The molecule has 21 heavy (non-hydrogen) atoms. The zero-order valence-electron chi connectivity index (χ0n) is 13.1. The number of hydrogen-bond acceptors (Lipinski definition) is 5. The molecule has 1 atom stereocenters. The Bertz CT molecular complexity index is 553. The molecule has 0 aliphatic rings. The lowest BCUT2D eigenvalue weighted by molar-refractivity contribution is 0.350. The predicted octanol–water partition coefficient (Wildman–Crippen LogP) is 3.15. The van der Waals surface area contributed by atoms with E-state index in [4.69, 9.17) is 4.52 Å². The van der Waals surface area contributed by atoms with Gasteiger partial charge in [0.05, 0.1) is 0 Å². The molecule has 0 amide bonds. The minimum absolute atomic E-state index is 0.397. The van der Waals surface area contributed by atoms with E-state index in [0.29, 0.717) is 17.8 Å². The average molecular weight is 288 g/mol. The Morgan fingerprint density at radius 2 is 2.05 bits per heavy atom. The second kappa shape index (κ2) is 7.88. The van der Waals surface area contributed by atoms with Crippen LogP contribution in [-0.2, 0) is 6.42 Å². The van der Waals surface area contributed by atoms with Gasteiger partial charge in [0.1, 0.15) is 5.69 Å². The van der Waals surface area contributed by atoms with E-state index < -0.39 is 0 Å². The summed E-state index contributed by atoms with van der Waals surface area (Å²) >= 11 is 0. The van der Waals surface area contributed by atoms with Crippen molar-refractivity contribution in [3.05, 3.63) is 29.8 Å². The third-order valence-electron chi connectivity index (χ3n) is 3.33. The Morgan fingerprint density at radius 1 is 1.19 bits per heavy atom. The summed E-state index contributed by atoms with van der Waals surface area (Å²) in [4.78, 5) is 8.89. The molecule has 0 saturated heterocycles. The number of rotatable bonds is 8. The molecule has 0 aliphatic heterocycles. The summed E-state index contributed by atoms with van der Waals surface area (Å²) in [6, 6.07) is 6.21. The van der Waals surface area contributed by atoms with Crippen LogP contribution in [-0.4, -0.2) is 27.7 Å². The molecule has 0 bridgehead atoms. The van der Waals surface area contributed by atoms with E-state index in [2.05, 4.69) is 34.3 Å². The van der Waals surface area contributed by atoms with Crippen LogP contribution >= 0.6 is 0 Å². The highest BCUT2D eigenvalue weighted by atomic mass is 16.5. The van der Waals surface area contributed by atoms with Gasteiger partial charge in [-0.15, -0.1) is 0 Å². The third kappa shape index (κ3) is 4.63. The summed E-state index contributed by atoms with van der Waals surface area (Å²) in [6.07, 6.45) is 4.15. The van der Waals surface area contributed by atoms with Crippen LogP contribution in [0.5, 0.6) is 0 Å². The van der Waals surface area contributed by atoms with Crippen molar-refractivity contribution in [3.8, 4) is 11.5 Å². The topological polar surface area (TPSA) is 63.8 Å². The van der Waals surface area contributed by atoms with E-state index in [1.54, 1.807) is 0 Å². The lowest BCUT2D eigenvalue weighted by Crippen LogP contribution is -2.31. The Labute approximate surface area is 126 Å². The van der Waals surface area contributed by atoms with Gasteiger partial charge in [0.25, 0.3) is 0 Å². The van der Waals surface area contributed by atoms with Gasteiger partial charge in [0.15, 0.2) is 0 Å². The summed E-state index contributed by atoms with van der Waals surface area (Å²) in [7, 11) is 0. The highest BCUT2D eigenvalue weighted by Crippen LogP contribution is 2.15. The molecule has 0 aliphatic carbocycles. The van der Waals surface area contributed by atoms with E-state index in [1.807, 2.05) is 25.1 Å². The molecule has 2 aromatic heterocycles. The van der Waals surface area contributed by atoms with E-state index in [9.17, 15) is 0 Å². The van der Waals surface area contributed by atoms with Crippen molar-refractivity contribution in [3.63, 3.8) is 0 Å². The second-order valence-corrected chi connectivity index (χ2v) is 5.32. The summed E-state index contributed by atoms with van der Waals surface area (Å²) in [5.74, 6) is 1.25. The zero-order valence-corrected chi connectivity index (χ0v) is 13.1. The molecule has 1 unspecified atom stereocenters. The first-order valence-corrected chi connectivity index (χ1v) is 7.73. The maximum atomic E-state index is 5.37. The number of hydrogen-bond donors (Lipinski definition) is 1. The number of aryl methyl sites for hydroxylation is 1. The van der Waals surface area contributed by atoms with Crippen LogP contribution < -0.4 is 5.32 Å². The maximum absolute atomic E-state index is 5.37. The van der Waals surface area contributed by atoms with Crippen molar-refractivity contribution in [1.82, 2.24) is 20.4 Å². The van der Waals surface area contributed by atoms with E-state index in [0.717, 1.165) is 43.6 Å². The molecular formula is C16H24N4O. The first kappa shape index (κ1) is 15.6. The van der Waals surface area contributed by atoms with Gasteiger partial charge in [-0.1, -0.05) is 31.5 Å². The molecule has 0 spiro atoms. The van der Waals surface area contributed by atoms with Crippen LogP contribution in [0.3, 0.4) is 0 Å². The molecule has 0 radical (unpaired) electrons. The fraction of sp³-hybridized carbons (Fsp3) is 0.562. The van der Waals surface area contributed by atoms with Gasteiger partial charge < -0.3 is 9.84 Å². The Morgan fingerprint density at radius 3 is 2.76 bits per heavy atom. The third-order valence-corrected chi connectivity index (χ3v) is 3.33. The maximum Gasteiger partial charge on any atom is 0.228 e. The zero-order chi connectivity index (χ0) is 15.1. The van der Waals surface area contributed by atoms with Crippen LogP contribution in [0.15, 0.2) is 22.7 Å². The van der Waals surface area contributed by atoms with Crippen molar-refractivity contribution in [2.24, 2.45) is 0 Å². The monoisotopic (exact) mass is 288 g/mol. The quantitative estimate of drug-likeness (QED) is 0.808. The van der Waals surface area contributed by atoms with E-state index in [1.165, 1.54) is 0 Å². The highest BCUT2D eigenvalue weighted by Gasteiger charge is 2.15. The Hall–Kier alpha value is -1.75. The molecule has 5 heteroatoms. The molecule has 2 rings (SSSR count). The van der Waals surface area contributed by atoms with Crippen molar-refractivity contribution in [2.75, 3.05) is 6.54 Å². The van der Waals surface area contributed by atoms with Gasteiger partial charge in [-0.05, 0) is 38.4 Å². The summed E-state index contributed by atoms with van der Waals surface area (Å²) in [5, 5.41) is 7.58. The van der Waals surface area contributed by atoms with Crippen LogP contribution in [0.1, 0.15) is 44.7 Å². The molecule has 114 valence electrons. The number of pyridine rings is 1. The molecule has 5 nitrogen and oxygen atoms in total. The Kier molecular flexibility index (Phi) is 5.87. The second-order valence-electron chi connectivity index (χ2n) is 5.32. The first-order valence-electron chi connectivity index (χ1n) is 7.73. The lowest BCUT2D eigenvalue weighted by Gasteiger charge is -2.15. The number of nitrogens with zero attached hydrogens (tertiary/aromatic N) is 3. The minimum Gasteiger partial charge on any atom is -0.339 e. The lowest BCUT2D eigenvalue weighted by atomic mass is 10.1. The predicted molar refractivity (Wildman–Crippen MR) is 83.0 cm³/mol. The van der Waals surface area contributed by atoms with Gasteiger partial charge >= 0.3 is 0 Å². The minimum atomic E-state index is 0.397. The van der Waals surface area contributed by atoms with Crippen LogP contribution in [0, 0.1) is 6.92 Å². The van der Waals surface area contributed by atoms with Crippen molar-refractivity contribution >= 4 is 0 Å². The smallest absolute Gasteiger partial charge is 0.228 e. The Balaban J connectivity index is 2.04. The molecule has 0 aromatic carbocycles. The molecule has 0 saturated carbocycles. The SMILES string of the molecule is CCCNC(CCC)Cc1nc(-c2cccc(C)n2)no1. The largest absolute Gasteiger partial charge is 0.339 e. The fourth-order valence-electron chi connectivity index (χ4n) is 2.29. The average Bonchev–Trinajstić information content (AvgIpc) is 2.93. The van der Waals surface area contributed by atoms with Crippen molar-refractivity contribution in [1.29, 1.82) is 0 Å². The van der Waals surface area contributed by atoms with Gasteiger partial charge in [-0.25, -0.2) is 4.98 Å². The summed E-state index contributed by atoms with van der Waals surface area (Å²) < 4.78 is 5.37. The van der Waals surface area contributed by atoms with Gasteiger partial charge in [0.2, 0.25) is 11.7 Å².